The van der Waals surface area contributed by atoms with Crippen molar-refractivity contribution < 1.29 is 19.4 Å². The Kier molecular flexibility index (Phi) is 5.04. The van der Waals surface area contributed by atoms with Gasteiger partial charge in [0.25, 0.3) is 5.91 Å². The molecule has 1 aromatic carbocycles. The summed E-state index contributed by atoms with van der Waals surface area (Å²) in [7, 11) is 0. The Labute approximate surface area is 142 Å². The Morgan fingerprint density at radius 1 is 1.33 bits per heavy atom. The molecule has 0 bridgehead atoms. The molecule has 0 radical (unpaired) electrons. The van der Waals surface area contributed by atoms with E-state index < -0.39 is 6.10 Å². The third kappa shape index (κ3) is 3.70. The number of aliphatic hydroxyl groups is 1. The van der Waals surface area contributed by atoms with Crippen molar-refractivity contribution in [3.05, 3.63) is 29.3 Å². The van der Waals surface area contributed by atoms with Crippen LogP contribution in [0.1, 0.15) is 30.4 Å². The second-order valence-electron chi connectivity index (χ2n) is 6.55. The molecule has 2 amide bonds. The highest BCUT2D eigenvalue weighted by molar-refractivity contribution is 5.87. The molecule has 2 aliphatic heterocycles. The second-order valence-corrected chi connectivity index (χ2v) is 6.55. The predicted molar refractivity (Wildman–Crippen MR) is 88.5 cm³/mol. The number of amides is 2. The van der Waals surface area contributed by atoms with E-state index in [0.717, 1.165) is 29.7 Å². The van der Waals surface area contributed by atoms with Gasteiger partial charge in [0, 0.05) is 18.7 Å². The van der Waals surface area contributed by atoms with Crippen LogP contribution in [0.2, 0.25) is 0 Å². The number of ether oxygens (including phenoxy) is 1. The number of rotatable bonds is 2. The highest BCUT2D eigenvalue weighted by Crippen LogP contribution is 2.24. The Balaban J connectivity index is 1.69. The number of carbonyl (C=O) groups is 2. The average molecular weight is 332 g/mol. The lowest BCUT2D eigenvalue weighted by atomic mass is 10.1. The van der Waals surface area contributed by atoms with E-state index in [4.69, 9.17) is 4.74 Å². The fourth-order valence-corrected chi connectivity index (χ4v) is 3.24. The number of carbonyl (C=O) groups excluding carboxylic acids is 2. The molecular formula is C18H24N2O4. The first-order valence-corrected chi connectivity index (χ1v) is 8.51. The summed E-state index contributed by atoms with van der Waals surface area (Å²) >= 11 is 0. The summed E-state index contributed by atoms with van der Waals surface area (Å²) in [5, 5.41) is 9.82. The number of fused-ring (bicyclic) bond motifs is 1. The number of aryl methyl sites for hydroxylation is 1. The zero-order valence-corrected chi connectivity index (χ0v) is 14.0. The molecule has 2 heterocycles. The van der Waals surface area contributed by atoms with Crippen LogP contribution >= 0.6 is 0 Å². The number of likely N-dealkylation sites (tertiary alicyclic amines) is 1. The van der Waals surface area contributed by atoms with Crippen LogP contribution in [0.3, 0.4) is 0 Å². The summed E-state index contributed by atoms with van der Waals surface area (Å²) in [6.07, 6.45) is 1.13. The van der Waals surface area contributed by atoms with Crippen molar-refractivity contribution in [2.45, 2.75) is 38.8 Å². The Morgan fingerprint density at radius 3 is 3.00 bits per heavy atom. The van der Waals surface area contributed by atoms with Crippen molar-refractivity contribution >= 4 is 11.8 Å². The van der Waals surface area contributed by atoms with E-state index in [1.165, 1.54) is 4.90 Å². The van der Waals surface area contributed by atoms with E-state index in [2.05, 4.69) is 0 Å². The van der Waals surface area contributed by atoms with E-state index in [1.807, 2.05) is 25.1 Å². The average Bonchev–Trinajstić information content (AvgIpc) is 2.86. The molecule has 6 nitrogen and oxygen atoms in total. The van der Waals surface area contributed by atoms with E-state index in [1.54, 1.807) is 4.90 Å². The van der Waals surface area contributed by atoms with Crippen LogP contribution < -0.4 is 4.74 Å². The van der Waals surface area contributed by atoms with Crippen LogP contribution in [0.4, 0.5) is 0 Å². The lowest BCUT2D eigenvalue weighted by Gasteiger charge is -2.26. The SMILES string of the molecule is Cc1ccc2c(c1)CN(C(=O)CN1CCCCC(O)C1=O)CCO2. The normalized spacial score (nSPS) is 21.6. The molecule has 3 rings (SSSR count). The van der Waals surface area contributed by atoms with Crippen molar-refractivity contribution in [3.63, 3.8) is 0 Å². The van der Waals surface area contributed by atoms with Gasteiger partial charge in [-0.3, -0.25) is 9.59 Å². The van der Waals surface area contributed by atoms with Crippen LogP contribution in [0.25, 0.3) is 0 Å². The maximum Gasteiger partial charge on any atom is 0.251 e. The summed E-state index contributed by atoms with van der Waals surface area (Å²) in [5.41, 5.74) is 2.11. The van der Waals surface area contributed by atoms with Gasteiger partial charge in [-0.2, -0.15) is 0 Å². The topological polar surface area (TPSA) is 70.1 Å². The summed E-state index contributed by atoms with van der Waals surface area (Å²) in [6, 6.07) is 5.96. The third-order valence-electron chi connectivity index (χ3n) is 4.63. The summed E-state index contributed by atoms with van der Waals surface area (Å²) in [5.74, 6) is 0.385. The second kappa shape index (κ2) is 7.21. The van der Waals surface area contributed by atoms with Gasteiger partial charge in [0.05, 0.1) is 13.1 Å². The molecule has 24 heavy (non-hydrogen) atoms. The van der Waals surface area contributed by atoms with Gasteiger partial charge in [-0.15, -0.1) is 0 Å². The standard InChI is InChI=1S/C18H24N2O4/c1-13-5-6-16-14(10-13)11-19(8-9-24-16)17(22)12-20-7-3-2-4-15(21)18(20)23/h5-6,10,15,21H,2-4,7-9,11-12H2,1H3. The lowest BCUT2D eigenvalue weighted by Crippen LogP contribution is -2.45. The first kappa shape index (κ1) is 16.8. The molecule has 0 saturated carbocycles. The van der Waals surface area contributed by atoms with Gasteiger partial charge >= 0.3 is 0 Å². The van der Waals surface area contributed by atoms with Crippen molar-refractivity contribution in [2.75, 3.05) is 26.2 Å². The maximum absolute atomic E-state index is 12.7. The van der Waals surface area contributed by atoms with Crippen LogP contribution in [-0.4, -0.2) is 59.1 Å². The fourth-order valence-electron chi connectivity index (χ4n) is 3.24. The van der Waals surface area contributed by atoms with E-state index in [-0.39, 0.29) is 18.4 Å². The van der Waals surface area contributed by atoms with Crippen LogP contribution in [0.15, 0.2) is 18.2 Å². The van der Waals surface area contributed by atoms with Gasteiger partial charge in [0.1, 0.15) is 18.5 Å². The molecule has 130 valence electrons. The van der Waals surface area contributed by atoms with Crippen molar-refractivity contribution in [3.8, 4) is 5.75 Å². The van der Waals surface area contributed by atoms with E-state index >= 15 is 0 Å². The van der Waals surface area contributed by atoms with Crippen LogP contribution in [-0.2, 0) is 16.1 Å². The van der Waals surface area contributed by atoms with Crippen LogP contribution in [0.5, 0.6) is 5.75 Å². The number of nitrogens with zero attached hydrogens (tertiary/aromatic N) is 2. The maximum atomic E-state index is 12.7. The molecule has 2 aliphatic rings. The molecule has 0 spiro atoms. The number of hydrogen-bond donors (Lipinski definition) is 1. The smallest absolute Gasteiger partial charge is 0.251 e. The Hall–Kier alpha value is -2.08. The molecule has 1 atom stereocenters. The molecule has 1 fully saturated rings. The molecule has 1 saturated heterocycles. The molecule has 1 aromatic rings. The highest BCUT2D eigenvalue weighted by Gasteiger charge is 2.28. The number of benzene rings is 1. The first-order valence-electron chi connectivity index (χ1n) is 8.51. The minimum Gasteiger partial charge on any atom is -0.491 e. The van der Waals surface area contributed by atoms with Crippen molar-refractivity contribution in [1.29, 1.82) is 0 Å². The number of aliphatic hydroxyl groups excluding tert-OH is 1. The monoisotopic (exact) mass is 332 g/mol. The van der Waals surface area contributed by atoms with Gasteiger partial charge in [-0.25, -0.2) is 0 Å². The minimum atomic E-state index is -0.976. The zero-order valence-electron chi connectivity index (χ0n) is 14.0. The Morgan fingerprint density at radius 2 is 2.17 bits per heavy atom. The van der Waals surface area contributed by atoms with Crippen molar-refractivity contribution in [1.82, 2.24) is 9.80 Å². The molecule has 6 heteroatoms. The molecule has 1 N–H and O–H groups in total. The van der Waals surface area contributed by atoms with Gasteiger partial charge in [-0.05, 0) is 32.3 Å². The molecule has 0 aromatic heterocycles. The van der Waals surface area contributed by atoms with Gasteiger partial charge in [0.2, 0.25) is 5.91 Å². The Bertz CT molecular complexity index is 631. The lowest BCUT2D eigenvalue weighted by molar-refractivity contribution is -0.145. The summed E-state index contributed by atoms with van der Waals surface area (Å²) in [4.78, 5) is 28.0. The minimum absolute atomic E-state index is 0.0248. The molecule has 0 aliphatic carbocycles. The van der Waals surface area contributed by atoms with Gasteiger partial charge in [-0.1, -0.05) is 17.7 Å². The van der Waals surface area contributed by atoms with Gasteiger partial charge < -0.3 is 19.6 Å². The third-order valence-corrected chi connectivity index (χ3v) is 4.63. The van der Waals surface area contributed by atoms with Crippen LogP contribution in [0, 0.1) is 6.92 Å². The van der Waals surface area contributed by atoms with E-state index in [0.29, 0.717) is 32.7 Å². The zero-order chi connectivity index (χ0) is 17.1. The van der Waals surface area contributed by atoms with Crippen molar-refractivity contribution in [2.24, 2.45) is 0 Å². The fraction of sp³-hybridized carbons (Fsp3) is 0.556. The summed E-state index contributed by atoms with van der Waals surface area (Å²) < 4.78 is 5.72. The first-order chi connectivity index (χ1) is 11.5. The predicted octanol–water partition coefficient (Wildman–Crippen LogP) is 1.09. The van der Waals surface area contributed by atoms with Gasteiger partial charge in [0.15, 0.2) is 0 Å². The summed E-state index contributed by atoms with van der Waals surface area (Å²) in [6.45, 7) is 3.99. The quantitative estimate of drug-likeness (QED) is 0.880. The number of hydrogen-bond acceptors (Lipinski definition) is 4. The van der Waals surface area contributed by atoms with E-state index in [9.17, 15) is 14.7 Å². The largest absolute Gasteiger partial charge is 0.491 e. The molecule has 1 unspecified atom stereocenters. The molecular weight excluding hydrogens is 308 g/mol. The highest BCUT2D eigenvalue weighted by atomic mass is 16.5.